The predicted octanol–water partition coefficient (Wildman–Crippen LogP) is 2.08. The highest BCUT2D eigenvalue weighted by molar-refractivity contribution is 6.01. The first-order valence-electron chi connectivity index (χ1n) is 7.77. The number of hydrogen-bond donors (Lipinski definition) is 2. The standard InChI is InChI=1S/C17H23FN2O4/c1-5-24-13-9-17(19,16(13,2)3)15(22)20-12-8-10(14(21)23-4)6-7-11(12)18/h6-8,13H,5,9,19H2,1-4H3,(H,20,22). The first-order chi connectivity index (χ1) is 11.2. The first-order valence-corrected chi connectivity index (χ1v) is 7.77. The summed E-state index contributed by atoms with van der Waals surface area (Å²) >= 11 is 0. The van der Waals surface area contributed by atoms with Crippen LogP contribution >= 0.6 is 0 Å². The van der Waals surface area contributed by atoms with E-state index in [0.29, 0.717) is 13.0 Å². The Morgan fingerprint density at radius 3 is 2.62 bits per heavy atom. The van der Waals surface area contributed by atoms with Crippen LogP contribution < -0.4 is 11.1 Å². The molecule has 2 unspecified atom stereocenters. The smallest absolute Gasteiger partial charge is 0.337 e. The zero-order chi connectivity index (χ0) is 18.1. The maximum absolute atomic E-state index is 14.0. The van der Waals surface area contributed by atoms with Gasteiger partial charge >= 0.3 is 5.97 Å². The average molecular weight is 338 g/mol. The Hall–Kier alpha value is -1.99. The molecule has 0 heterocycles. The second-order valence-corrected chi connectivity index (χ2v) is 6.48. The predicted molar refractivity (Wildman–Crippen MR) is 87.1 cm³/mol. The maximum atomic E-state index is 14.0. The van der Waals surface area contributed by atoms with Crippen molar-refractivity contribution in [1.82, 2.24) is 0 Å². The van der Waals surface area contributed by atoms with Crippen LogP contribution in [0.4, 0.5) is 10.1 Å². The van der Waals surface area contributed by atoms with Crippen LogP contribution in [0.2, 0.25) is 0 Å². The van der Waals surface area contributed by atoms with E-state index in [1.807, 2.05) is 20.8 Å². The number of benzene rings is 1. The third-order valence-electron chi connectivity index (χ3n) is 4.87. The van der Waals surface area contributed by atoms with E-state index in [-0.39, 0.29) is 17.4 Å². The molecule has 1 aliphatic rings. The number of nitrogens with two attached hydrogens (primary N) is 1. The van der Waals surface area contributed by atoms with Crippen LogP contribution in [0.1, 0.15) is 37.6 Å². The van der Waals surface area contributed by atoms with Gasteiger partial charge < -0.3 is 20.5 Å². The van der Waals surface area contributed by atoms with Crippen molar-refractivity contribution < 1.29 is 23.5 Å². The van der Waals surface area contributed by atoms with Crippen LogP contribution in [-0.2, 0) is 14.3 Å². The lowest BCUT2D eigenvalue weighted by Crippen LogP contribution is -2.74. The molecule has 0 saturated heterocycles. The summed E-state index contributed by atoms with van der Waals surface area (Å²) in [6.45, 7) is 6.09. The Morgan fingerprint density at radius 2 is 2.08 bits per heavy atom. The number of nitrogens with one attached hydrogen (secondary N) is 1. The highest BCUT2D eigenvalue weighted by Gasteiger charge is 2.62. The Bertz CT molecular complexity index is 662. The number of carbonyl (C=O) groups excluding carboxylic acids is 2. The van der Waals surface area contributed by atoms with E-state index in [9.17, 15) is 14.0 Å². The molecule has 3 N–H and O–H groups in total. The number of esters is 1. The van der Waals surface area contributed by atoms with E-state index in [1.165, 1.54) is 19.2 Å². The monoisotopic (exact) mass is 338 g/mol. The summed E-state index contributed by atoms with van der Waals surface area (Å²) in [6, 6.07) is 3.61. The molecule has 0 spiro atoms. The second kappa shape index (κ2) is 6.49. The molecule has 0 aromatic heterocycles. The Balaban J connectivity index is 2.20. The van der Waals surface area contributed by atoms with Gasteiger partial charge in [0.25, 0.3) is 0 Å². The summed E-state index contributed by atoms with van der Waals surface area (Å²) in [5.41, 5.74) is 4.52. The molecule has 1 saturated carbocycles. The average Bonchev–Trinajstić information content (AvgIpc) is 2.55. The third kappa shape index (κ3) is 2.89. The molecule has 2 atom stereocenters. The normalized spacial score (nSPS) is 24.8. The lowest BCUT2D eigenvalue weighted by Gasteiger charge is -2.57. The molecule has 2 rings (SSSR count). The van der Waals surface area contributed by atoms with Crippen molar-refractivity contribution in [3.63, 3.8) is 0 Å². The molecular formula is C17H23FN2O4. The highest BCUT2D eigenvalue weighted by Crippen LogP contribution is 2.50. The number of anilines is 1. The van der Waals surface area contributed by atoms with Crippen molar-refractivity contribution in [2.75, 3.05) is 19.0 Å². The molecule has 1 aromatic rings. The molecule has 132 valence electrons. The van der Waals surface area contributed by atoms with Crippen LogP contribution in [0.3, 0.4) is 0 Å². The lowest BCUT2D eigenvalue weighted by atomic mass is 9.54. The zero-order valence-electron chi connectivity index (χ0n) is 14.3. The topological polar surface area (TPSA) is 90.6 Å². The summed E-state index contributed by atoms with van der Waals surface area (Å²) < 4.78 is 24.1. The zero-order valence-corrected chi connectivity index (χ0v) is 14.3. The SMILES string of the molecule is CCOC1CC(N)(C(=O)Nc2cc(C(=O)OC)ccc2F)C1(C)C. The number of hydrogen-bond acceptors (Lipinski definition) is 5. The van der Waals surface area contributed by atoms with Crippen molar-refractivity contribution in [3.05, 3.63) is 29.6 Å². The number of methoxy groups -OCH3 is 1. The molecule has 0 bridgehead atoms. The Morgan fingerprint density at radius 1 is 1.42 bits per heavy atom. The van der Waals surface area contributed by atoms with Crippen LogP contribution in [-0.4, -0.2) is 37.2 Å². The number of halogens is 1. The minimum absolute atomic E-state index is 0.108. The van der Waals surface area contributed by atoms with Gasteiger partial charge in [0.15, 0.2) is 0 Å². The van der Waals surface area contributed by atoms with E-state index >= 15 is 0 Å². The van der Waals surface area contributed by atoms with Gasteiger partial charge in [-0.2, -0.15) is 0 Å². The Labute approximate surface area is 140 Å². The quantitative estimate of drug-likeness (QED) is 0.802. The molecule has 6 nitrogen and oxygen atoms in total. The third-order valence-corrected chi connectivity index (χ3v) is 4.87. The van der Waals surface area contributed by atoms with Gasteiger partial charge in [-0.25, -0.2) is 9.18 Å². The highest BCUT2D eigenvalue weighted by atomic mass is 19.1. The molecule has 0 aliphatic heterocycles. The minimum Gasteiger partial charge on any atom is -0.465 e. The van der Waals surface area contributed by atoms with Gasteiger partial charge in [-0.05, 0) is 25.1 Å². The van der Waals surface area contributed by atoms with E-state index in [2.05, 4.69) is 10.1 Å². The van der Waals surface area contributed by atoms with Crippen LogP contribution in [0.25, 0.3) is 0 Å². The van der Waals surface area contributed by atoms with Gasteiger partial charge in [0.2, 0.25) is 5.91 Å². The maximum Gasteiger partial charge on any atom is 0.337 e. The number of ether oxygens (including phenoxy) is 2. The molecule has 0 radical (unpaired) electrons. The number of rotatable bonds is 5. The first kappa shape index (κ1) is 18.4. The summed E-state index contributed by atoms with van der Waals surface area (Å²) in [5, 5.41) is 2.49. The summed E-state index contributed by atoms with van der Waals surface area (Å²) in [4.78, 5) is 24.2. The van der Waals surface area contributed by atoms with Crippen LogP contribution in [0, 0.1) is 11.2 Å². The number of carbonyl (C=O) groups is 2. The van der Waals surface area contributed by atoms with Crippen LogP contribution in [0.5, 0.6) is 0 Å². The van der Waals surface area contributed by atoms with E-state index < -0.39 is 28.6 Å². The fraction of sp³-hybridized carbons (Fsp3) is 0.529. The summed E-state index contributed by atoms with van der Waals surface area (Å²) in [7, 11) is 1.23. The van der Waals surface area contributed by atoms with E-state index in [4.69, 9.17) is 10.5 Å². The van der Waals surface area contributed by atoms with Crippen molar-refractivity contribution in [3.8, 4) is 0 Å². The molecule has 1 aromatic carbocycles. The molecule has 24 heavy (non-hydrogen) atoms. The lowest BCUT2D eigenvalue weighted by molar-refractivity contribution is -0.166. The summed E-state index contributed by atoms with van der Waals surface area (Å²) in [5.74, 6) is -1.78. The second-order valence-electron chi connectivity index (χ2n) is 6.48. The van der Waals surface area contributed by atoms with Crippen molar-refractivity contribution in [2.45, 2.75) is 38.8 Å². The number of amides is 1. The van der Waals surface area contributed by atoms with Crippen molar-refractivity contribution >= 4 is 17.6 Å². The summed E-state index contributed by atoms with van der Waals surface area (Å²) in [6.07, 6.45) is 0.211. The van der Waals surface area contributed by atoms with Gasteiger partial charge in [0.1, 0.15) is 11.4 Å². The largest absolute Gasteiger partial charge is 0.465 e. The fourth-order valence-corrected chi connectivity index (χ4v) is 2.92. The van der Waals surface area contributed by atoms with E-state index in [1.54, 1.807) is 0 Å². The minimum atomic E-state index is -1.18. The van der Waals surface area contributed by atoms with Crippen molar-refractivity contribution in [2.24, 2.45) is 11.1 Å². The van der Waals surface area contributed by atoms with E-state index in [0.717, 1.165) is 6.07 Å². The van der Waals surface area contributed by atoms with Crippen LogP contribution in [0.15, 0.2) is 18.2 Å². The molecule has 1 aliphatic carbocycles. The fourth-order valence-electron chi connectivity index (χ4n) is 2.92. The molecular weight excluding hydrogens is 315 g/mol. The molecule has 1 amide bonds. The van der Waals surface area contributed by atoms with Gasteiger partial charge in [-0.1, -0.05) is 13.8 Å². The molecule has 7 heteroatoms. The van der Waals surface area contributed by atoms with Gasteiger partial charge in [0, 0.05) is 18.4 Å². The van der Waals surface area contributed by atoms with Gasteiger partial charge in [0.05, 0.1) is 24.5 Å². The Kier molecular flexibility index (Phi) is 4.96. The van der Waals surface area contributed by atoms with Gasteiger partial charge in [-0.3, -0.25) is 4.79 Å². The van der Waals surface area contributed by atoms with Gasteiger partial charge in [-0.15, -0.1) is 0 Å². The van der Waals surface area contributed by atoms with Crippen molar-refractivity contribution in [1.29, 1.82) is 0 Å². The molecule has 1 fully saturated rings.